The molecule has 0 radical (unpaired) electrons. The zero-order valence-electron chi connectivity index (χ0n) is 12.7. The van der Waals surface area contributed by atoms with Gasteiger partial charge in [-0.1, -0.05) is 24.3 Å². The van der Waals surface area contributed by atoms with Gasteiger partial charge in [0.05, 0.1) is 18.1 Å². The van der Waals surface area contributed by atoms with Gasteiger partial charge < -0.3 is 10.2 Å². The number of hydrogen-bond acceptors (Lipinski definition) is 3. The lowest BCUT2D eigenvalue weighted by Gasteiger charge is -2.26. The van der Waals surface area contributed by atoms with Crippen molar-refractivity contribution in [2.45, 2.75) is 26.2 Å². The van der Waals surface area contributed by atoms with Crippen molar-refractivity contribution in [3.8, 4) is 0 Å². The normalized spacial score (nSPS) is 14.7. The molecule has 0 bridgehead atoms. The highest BCUT2D eigenvalue weighted by molar-refractivity contribution is 5.88. The van der Waals surface area contributed by atoms with Gasteiger partial charge in [0.2, 0.25) is 0 Å². The van der Waals surface area contributed by atoms with Crippen LogP contribution in [0.2, 0.25) is 0 Å². The van der Waals surface area contributed by atoms with Gasteiger partial charge >= 0.3 is 6.03 Å². The maximum atomic E-state index is 12.4. The van der Waals surface area contributed by atoms with Crippen molar-refractivity contribution in [3.63, 3.8) is 0 Å². The summed E-state index contributed by atoms with van der Waals surface area (Å²) >= 11 is 0. The van der Waals surface area contributed by atoms with E-state index in [-0.39, 0.29) is 6.03 Å². The molecule has 114 valence electrons. The van der Waals surface area contributed by atoms with Crippen molar-refractivity contribution < 1.29 is 4.79 Å². The van der Waals surface area contributed by atoms with Crippen LogP contribution in [0.3, 0.4) is 0 Å². The van der Waals surface area contributed by atoms with E-state index >= 15 is 0 Å². The highest BCUT2D eigenvalue weighted by Crippen LogP contribution is 2.16. The van der Waals surface area contributed by atoms with Crippen LogP contribution >= 0.6 is 0 Å². The average molecular weight is 296 g/mol. The summed E-state index contributed by atoms with van der Waals surface area (Å²) < 4.78 is 0. The van der Waals surface area contributed by atoms with Crippen molar-refractivity contribution in [1.82, 2.24) is 14.9 Å². The highest BCUT2D eigenvalue weighted by atomic mass is 16.2. The fourth-order valence-corrected chi connectivity index (χ4v) is 2.74. The van der Waals surface area contributed by atoms with Gasteiger partial charge in [-0.05, 0) is 37.3 Å². The number of benzene rings is 1. The van der Waals surface area contributed by atoms with Gasteiger partial charge in [-0.15, -0.1) is 0 Å². The molecule has 1 aromatic carbocycles. The van der Waals surface area contributed by atoms with Gasteiger partial charge in [-0.2, -0.15) is 0 Å². The second-order valence-corrected chi connectivity index (χ2v) is 5.56. The molecular formula is C17H20N4O. The summed E-state index contributed by atoms with van der Waals surface area (Å²) in [6, 6.07) is 8.42. The topological polar surface area (TPSA) is 58.1 Å². The van der Waals surface area contributed by atoms with E-state index in [0.717, 1.165) is 32.4 Å². The van der Waals surface area contributed by atoms with E-state index in [1.54, 1.807) is 12.4 Å². The number of aryl methyl sites for hydroxylation is 2. The fourth-order valence-electron chi connectivity index (χ4n) is 2.74. The maximum absolute atomic E-state index is 12.4. The Labute approximate surface area is 130 Å². The Morgan fingerprint density at radius 2 is 1.77 bits per heavy atom. The number of fused-ring (bicyclic) bond motifs is 1. The molecule has 1 N–H and O–H groups in total. The predicted octanol–water partition coefficient (Wildman–Crippen LogP) is 2.81. The third-order valence-corrected chi connectivity index (χ3v) is 3.96. The molecule has 0 fully saturated rings. The summed E-state index contributed by atoms with van der Waals surface area (Å²) in [5, 5.41) is 2.87. The van der Waals surface area contributed by atoms with E-state index in [9.17, 15) is 4.79 Å². The van der Waals surface area contributed by atoms with Gasteiger partial charge in [0.15, 0.2) is 0 Å². The molecule has 5 heteroatoms. The molecule has 1 aromatic heterocycles. The first-order valence-electron chi connectivity index (χ1n) is 7.64. The molecule has 1 aliphatic rings. The Morgan fingerprint density at radius 3 is 2.50 bits per heavy atom. The van der Waals surface area contributed by atoms with Gasteiger partial charge in [0.25, 0.3) is 0 Å². The summed E-state index contributed by atoms with van der Waals surface area (Å²) in [5.74, 6) is 0.695. The van der Waals surface area contributed by atoms with Crippen molar-refractivity contribution in [1.29, 1.82) is 0 Å². The molecule has 2 heterocycles. The average Bonchev–Trinajstić information content (AvgIpc) is 2.50. The number of carbonyl (C=O) groups excluding carboxylic acids is 1. The first-order valence-corrected chi connectivity index (χ1v) is 7.64. The second-order valence-electron chi connectivity index (χ2n) is 5.56. The number of hydrogen-bond donors (Lipinski definition) is 1. The van der Waals surface area contributed by atoms with Crippen LogP contribution in [0.25, 0.3) is 0 Å². The largest absolute Gasteiger partial charge is 0.324 e. The lowest BCUT2D eigenvalue weighted by molar-refractivity contribution is 0.210. The summed E-state index contributed by atoms with van der Waals surface area (Å²) in [4.78, 5) is 22.5. The van der Waals surface area contributed by atoms with Crippen molar-refractivity contribution in [3.05, 3.63) is 53.6 Å². The van der Waals surface area contributed by atoms with Gasteiger partial charge in [0, 0.05) is 13.1 Å². The Bertz CT molecular complexity index is 654. The maximum Gasteiger partial charge on any atom is 0.321 e. The first-order chi connectivity index (χ1) is 10.7. The number of nitrogens with zero attached hydrogens (tertiary/aromatic N) is 3. The molecule has 22 heavy (non-hydrogen) atoms. The number of carbonyl (C=O) groups is 1. The molecule has 2 amide bonds. The first kappa shape index (κ1) is 14.5. The van der Waals surface area contributed by atoms with Crippen LogP contribution in [0.15, 0.2) is 36.7 Å². The summed E-state index contributed by atoms with van der Waals surface area (Å²) in [6.45, 7) is 3.32. The molecule has 2 aromatic rings. The molecule has 3 rings (SSSR count). The molecule has 5 nitrogen and oxygen atoms in total. The smallest absolute Gasteiger partial charge is 0.321 e. The molecule has 0 unspecified atom stereocenters. The van der Waals surface area contributed by atoms with Crippen LogP contribution in [0.4, 0.5) is 10.5 Å². The number of nitrogens with one attached hydrogen (secondary N) is 1. The Kier molecular flexibility index (Phi) is 4.32. The van der Waals surface area contributed by atoms with E-state index in [0.29, 0.717) is 11.5 Å². The van der Waals surface area contributed by atoms with E-state index in [2.05, 4.69) is 39.6 Å². The zero-order valence-corrected chi connectivity index (χ0v) is 12.7. The molecule has 0 spiro atoms. The third kappa shape index (κ3) is 3.42. The standard InChI is InChI=1S/C17H20N4O/c1-13-18-11-16(12-19-13)20-17(22)21-9-4-7-14-5-2-3-6-15(14)8-10-21/h2-3,5-6,11-12H,4,7-10H2,1H3,(H,20,22). The zero-order chi connectivity index (χ0) is 15.4. The van der Waals surface area contributed by atoms with E-state index in [1.807, 2.05) is 11.8 Å². The SMILES string of the molecule is Cc1ncc(NC(=O)N2CCCc3ccccc3CC2)cn1. The molecule has 0 saturated carbocycles. The minimum absolute atomic E-state index is 0.0770. The quantitative estimate of drug-likeness (QED) is 0.880. The summed E-state index contributed by atoms with van der Waals surface area (Å²) in [7, 11) is 0. The minimum atomic E-state index is -0.0770. The van der Waals surface area contributed by atoms with Gasteiger partial charge in [0.1, 0.15) is 5.82 Å². The molecule has 1 aliphatic heterocycles. The van der Waals surface area contributed by atoms with Crippen LogP contribution in [0.5, 0.6) is 0 Å². The predicted molar refractivity (Wildman–Crippen MR) is 85.8 cm³/mol. The van der Waals surface area contributed by atoms with Gasteiger partial charge in [-0.3, -0.25) is 0 Å². The van der Waals surface area contributed by atoms with Crippen molar-refractivity contribution in [2.24, 2.45) is 0 Å². The van der Waals surface area contributed by atoms with Crippen molar-refractivity contribution in [2.75, 3.05) is 18.4 Å². The monoisotopic (exact) mass is 296 g/mol. The van der Waals surface area contributed by atoms with E-state index in [1.165, 1.54) is 11.1 Å². The van der Waals surface area contributed by atoms with Gasteiger partial charge in [-0.25, -0.2) is 14.8 Å². The van der Waals surface area contributed by atoms with Crippen LogP contribution in [0.1, 0.15) is 23.4 Å². The number of aromatic nitrogens is 2. The second kappa shape index (κ2) is 6.56. The van der Waals surface area contributed by atoms with Crippen LogP contribution in [-0.4, -0.2) is 34.0 Å². The Balaban J connectivity index is 1.65. The molecule has 0 saturated heterocycles. The number of rotatable bonds is 1. The van der Waals surface area contributed by atoms with Crippen molar-refractivity contribution >= 4 is 11.7 Å². The summed E-state index contributed by atoms with van der Waals surface area (Å²) in [6.07, 6.45) is 6.18. The van der Waals surface area contributed by atoms with E-state index < -0.39 is 0 Å². The Morgan fingerprint density at radius 1 is 1.09 bits per heavy atom. The lowest BCUT2D eigenvalue weighted by atomic mass is 9.98. The number of anilines is 1. The fraction of sp³-hybridized carbons (Fsp3) is 0.353. The molecular weight excluding hydrogens is 276 g/mol. The van der Waals surface area contributed by atoms with E-state index in [4.69, 9.17) is 0 Å². The number of amides is 2. The number of urea groups is 1. The minimum Gasteiger partial charge on any atom is -0.324 e. The molecule has 0 atom stereocenters. The van der Waals surface area contributed by atoms with Crippen LogP contribution in [-0.2, 0) is 12.8 Å². The lowest BCUT2D eigenvalue weighted by Crippen LogP contribution is -2.38. The Hall–Kier alpha value is -2.43. The third-order valence-electron chi connectivity index (χ3n) is 3.96. The van der Waals surface area contributed by atoms with Crippen LogP contribution < -0.4 is 5.32 Å². The summed E-state index contributed by atoms with van der Waals surface area (Å²) in [5.41, 5.74) is 3.39. The van der Waals surface area contributed by atoms with Crippen LogP contribution in [0, 0.1) is 6.92 Å². The molecule has 0 aliphatic carbocycles. The highest BCUT2D eigenvalue weighted by Gasteiger charge is 2.17.